The summed E-state index contributed by atoms with van der Waals surface area (Å²) in [6.45, 7) is 7.14. The lowest BCUT2D eigenvalue weighted by Crippen LogP contribution is -1.84. The fourth-order valence-electron chi connectivity index (χ4n) is 0.407. The van der Waals surface area contributed by atoms with E-state index >= 15 is 0 Å². The first-order chi connectivity index (χ1) is 5.33. The zero-order valence-electron chi connectivity index (χ0n) is 7.93. The fourth-order valence-corrected chi connectivity index (χ4v) is 0.407. The maximum atomic E-state index is 4.78. The summed E-state index contributed by atoms with van der Waals surface area (Å²) < 4.78 is 9.36. The van der Waals surface area contributed by atoms with E-state index in [0.29, 0.717) is 6.61 Å². The summed E-state index contributed by atoms with van der Waals surface area (Å²) in [5, 5.41) is 0. The van der Waals surface area contributed by atoms with Crippen molar-refractivity contribution in [1.29, 1.82) is 0 Å². The van der Waals surface area contributed by atoms with Crippen molar-refractivity contribution in [2.45, 2.75) is 19.8 Å². The minimum absolute atomic E-state index is 0.653. The molecule has 2 nitrogen and oxygen atoms in total. The Hall–Kier alpha value is -0.340. The van der Waals surface area contributed by atoms with Crippen LogP contribution in [0.2, 0.25) is 0 Å². The van der Waals surface area contributed by atoms with Gasteiger partial charge in [-0.1, -0.05) is 19.4 Å². The van der Waals surface area contributed by atoms with Crippen LogP contribution in [-0.2, 0) is 9.47 Å². The molecule has 0 aliphatic carbocycles. The van der Waals surface area contributed by atoms with Crippen LogP contribution >= 0.6 is 0 Å². The molecule has 0 rings (SSSR count). The summed E-state index contributed by atoms with van der Waals surface area (Å²) in [5.41, 5.74) is 0. The molecule has 0 aromatic carbocycles. The minimum Gasteiger partial charge on any atom is -0.385 e. The molecule has 0 N–H and O–H groups in total. The molecule has 68 valence electrons. The van der Waals surface area contributed by atoms with Crippen LogP contribution in [0.1, 0.15) is 19.8 Å². The molecule has 0 spiro atoms. The van der Waals surface area contributed by atoms with Crippen molar-refractivity contribution in [3.8, 4) is 0 Å². The molecule has 0 aliphatic rings. The van der Waals surface area contributed by atoms with Crippen molar-refractivity contribution in [3.05, 3.63) is 12.7 Å². The minimum atomic E-state index is 0.653. The summed E-state index contributed by atoms with van der Waals surface area (Å²) in [5.74, 6) is 0. The first kappa shape index (κ1) is 13.3. The van der Waals surface area contributed by atoms with Gasteiger partial charge in [0.25, 0.3) is 0 Å². The van der Waals surface area contributed by atoms with Crippen molar-refractivity contribution in [1.82, 2.24) is 0 Å². The summed E-state index contributed by atoms with van der Waals surface area (Å²) in [7, 11) is 3.37. The number of rotatable bonds is 5. The van der Waals surface area contributed by atoms with Gasteiger partial charge in [-0.05, 0) is 6.42 Å². The molecule has 11 heavy (non-hydrogen) atoms. The van der Waals surface area contributed by atoms with Gasteiger partial charge < -0.3 is 9.47 Å². The van der Waals surface area contributed by atoms with Gasteiger partial charge in [0.1, 0.15) is 0 Å². The molecule has 0 aromatic heterocycles. The van der Waals surface area contributed by atoms with Crippen LogP contribution in [0.4, 0.5) is 0 Å². The van der Waals surface area contributed by atoms with Gasteiger partial charge in [-0.2, -0.15) is 0 Å². The van der Waals surface area contributed by atoms with Crippen LogP contribution in [0, 0.1) is 0 Å². The lowest BCUT2D eigenvalue weighted by atomic mass is 10.4. The smallest absolute Gasteiger partial charge is 0.0641 e. The Morgan fingerprint density at radius 1 is 1.27 bits per heavy atom. The predicted molar refractivity (Wildman–Crippen MR) is 48.9 cm³/mol. The van der Waals surface area contributed by atoms with Crippen LogP contribution in [0.3, 0.4) is 0 Å². The number of ether oxygens (including phenoxy) is 2. The van der Waals surface area contributed by atoms with Crippen molar-refractivity contribution < 1.29 is 9.47 Å². The average Bonchev–Trinajstić information content (AvgIpc) is 2.04. The Kier molecular flexibility index (Phi) is 19.7. The summed E-state index contributed by atoms with van der Waals surface area (Å²) in [6.07, 6.45) is 4.13. The number of methoxy groups -OCH3 is 2. The molecule has 0 aromatic rings. The van der Waals surface area contributed by atoms with Crippen molar-refractivity contribution in [3.63, 3.8) is 0 Å². The molecule has 0 aliphatic heterocycles. The predicted octanol–water partition coefficient (Wildman–Crippen LogP) is 2.25. The average molecular weight is 160 g/mol. The maximum Gasteiger partial charge on any atom is 0.0641 e. The lowest BCUT2D eigenvalue weighted by Gasteiger charge is -1.89. The molecule has 0 radical (unpaired) electrons. The summed E-state index contributed by atoms with van der Waals surface area (Å²) in [6, 6.07) is 0. The maximum absolute atomic E-state index is 4.78. The van der Waals surface area contributed by atoms with Gasteiger partial charge in [0.05, 0.1) is 6.61 Å². The number of hydrogen-bond donors (Lipinski definition) is 0. The Morgan fingerprint density at radius 3 is 2.00 bits per heavy atom. The van der Waals surface area contributed by atoms with Gasteiger partial charge in [0, 0.05) is 20.8 Å². The monoisotopic (exact) mass is 160 g/mol. The lowest BCUT2D eigenvalue weighted by molar-refractivity contribution is 0.194. The van der Waals surface area contributed by atoms with Crippen LogP contribution in [0.15, 0.2) is 12.7 Å². The van der Waals surface area contributed by atoms with Gasteiger partial charge in [-0.3, -0.25) is 0 Å². The molecule has 0 saturated carbocycles. The molecular formula is C9H20O2. The SMILES string of the molecule is C=CCOC.CCCCOC. The van der Waals surface area contributed by atoms with Crippen molar-refractivity contribution >= 4 is 0 Å². The molecule has 0 fully saturated rings. The Labute approximate surface area is 70.2 Å². The number of unbranched alkanes of at least 4 members (excludes halogenated alkanes) is 1. The van der Waals surface area contributed by atoms with E-state index in [0.717, 1.165) is 6.61 Å². The molecule has 0 bridgehead atoms. The van der Waals surface area contributed by atoms with Gasteiger partial charge in [0.2, 0.25) is 0 Å². The third-order valence-corrected chi connectivity index (χ3v) is 0.987. The molecule has 0 amide bonds. The summed E-state index contributed by atoms with van der Waals surface area (Å²) >= 11 is 0. The Balaban J connectivity index is 0. The van der Waals surface area contributed by atoms with E-state index in [1.807, 2.05) is 0 Å². The first-order valence-electron chi connectivity index (χ1n) is 3.92. The largest absolute Gasteiger partial charge is 0.385 e. The molecule has 0 heterocycles. The van der Waals surface area contributed by atoms with E-state index in [1.165, 1.54) is 12.8 Å². The number of hydrogen-bond acceptors (Lipinski definition) is 2. The molecule has 0 atom stereocenters. The second kappa shape index (κ2) is 16.3. The van der Waals surface area contributed by atoms with Crippen molar-refractivity contribution in [2.24, 2.45) is 0 Å². The van der Waals surface area contributed by atoms with Crippen molar-refractivity contribution in [2.75, 3.05) is 27.4 Å². The van der Waals surface area contributed by atoms with E-state index in [2.05, 4.69) is 18.2 Å². The Bertz CT molecular complexity index is 58.6. The van der Waals surface area contributed by atoms with Crippen LogP contribution in [0.5, 0.6) is 0 Å². The van der Waals surface area contributed by atoms with Gasteiger partial charge in [-0.15, -0.1) is 6.58 Å². The van der Waals surface area contributed by atoms with Gasteiger partial charge >= 0.3 is 0 Å². The van der Waals surface area contributed by atoms with Gasteiger partial charge in [-0.25, -0.2) is 0 Å². The van der Waals surface area contributed by atoms with E-state index < -0.39 is 0 Å². The van der Waals surface area contributed by atoms with Crippen LogP contribution in [0.25, 0.3) is 0 Å². The highest BCUT2D eigenvalue weighted by molar-refractivity contribution is 4.62. The Morgan fingerprint density at radius 2 is 1.91 bits per heavy atom. The molecular weight excluding hydrogens is 140 g/mol. The topological polar surface area (TPSA) is 18.5 Å². The van der Waals surface area contributed by atoms with Crippen LogP contribution in [-0.4, -0.2) is 27.4 Å². The van der Waals surface area contributed by atoms with E-state index in [4.69, 9.17) is 4.74 Å². The standard InChI is InChI=1S/C5H12O.C4H8O/c1-3-4-5-6-2;1-3-4-5-2/h3-5H2,1-2H3;3H,1,4H2,2H3. The molecule has 0 unspecified atom stereocenters. The first-order valence-corrected chi connectivity index (χ1v) is 3.92. The van der Waals surface area contributed by atoms with E-state index in [9.17, 15) is 0 Å². The zero-order chi connectivity index (χ0) is 8.95. The van der Waals surface area contributed by atoms with Gasteiger partial charge in [0.15, 0.2) is 0 Å². The summed E-state index contributed by atoms with van der Waals surface area (Å²) in [4.78, 5) is 0. The highest BCUT2D eigenvalue weighted by atomic mass is 16.5. The third-order valence-electron chi connectivity index (χ3n) is 0.987. The zero-order valence-corrected chi connectivity index (χ0v) is 7.93. The molecule has 0 saturated heterocycles. The van der Waals surface area contributed by atoms with E-state index in [1.54, 1.807) is 20.3 Å². The second-order valence-electron chi connectivity index (χ2n) is 2.09. The highest BCUT2D eigenvalue weighted by Crippen LogP contribution is 1.83. The normalized spacial score (nSPS) is 8.27. The fraction of sp³-hybridized carbons (Fsp3) is 0.778. The van der Waals surface area contributed by atoms with Crippen LogP contribution < -0.4 is 0 Å². The quantitative estimate of drug-likeness (QED) is 0.453. The van der Waals surface area contributed by atoms with E-state index in [-0.39, 0.29) is 0 Å². The second-order valence-corrected chi connectivity index (χ2v) is 2.09. The third kappa shape index (κ3) is 26.1. The molecule has 2 heteroatoms. The highest BCUT2D eigenvalue weighted by Gasteiger charge is 1.74.